The summed E-state index contributed by atoms with van der Waals surface area (Å²) in [6.45, 7) is 7.50. The Hall–Kier alpha value is -6.48. The van der Waals surface area contributed by atoms with E-state index in [0.717, 1.165) is 22.3 Å². The van der Waals surface area contributed by atoms with Gasteiger partial charge in [0.2, 0.25) is 0 Å². The van der Waals surface area contributed by atoms with E-state index in [1.165, 1.54) is 65.0 Å². The zero-order chi connectivity index (χ0) is 30.8. The molecule has 2 heteroatoms. The summed E-state index contributed by atoms with van der Waals surface area (Å²) in [6.07, 6.45) is 0. The molecule has 0 radical (unpaired) electrons. The second kappa shape index (κ2) is 10.0. The molecule has 0 bridgehead atoms. The van der Waals surface area contributed by atoms with Gasteiger partial charge in [0.05, 0.1) is 18.2 Å². The molecule has 9 aromatic carbocycles. The quantitative estimate of drug-likeness (QED) is 0.151. The maximum absolute atomic E-state index is 9.38. The topological polar surface area (TPSA) is 28.1 Å². The largest absolute Gasteiger partial charge is 0.238 e. The van der Waals surface area contributed by atoms with Crippen LogP contribution in [0, 0.1) is 17.9 Å². The van der Waals surface area contributed by atoms with Crippen molar-refractivity contribution in [2.75, 3.05) is 0 Å². The summed E-state index contributed by atoms with van der Waals surface area (Å²) >= 11 is 0. The molecule has 2 nitrogen and oxygen atoms in total. The first-order chi connectivity index (χ1) is 22.7. The van der Waals surface area contributed by atoms with E-state index in [4.69, 9.17) is 6.57 Å². The van der Waals surface area contributed by atoms with E-state index in [1.807, 2.05) is 36.4 Å². The molecule has 0 spiro atoms. The Morgan fingerprint density at radius 3 is 1.87 bits per heavy atom. The molecule has 0 saturated carbocycles. The van der Waals surface area contributed by atoms with Gasteiger partial charge < -0.3 is 0 Å². The maximum Gasteiger partial charge on any atom is 0.187 e. The Morgan fingerprint density at radius 1 is 0.435 bits per heavy atom. The Kier molecular flexibility index (Phi) is 5.66. The first-order valence-electron chi connectivity index (χ1n) is 15.4. The van der Waals surface area contributed by atoms with Gasteiger partial charge in [-0.1, -0.05) is 127 Å². The molecule has 0 unspecified atom stereocenters. The molecule has 0 N–H and O–H groups in total. The number of nitriles is 1. The predicted octanol–water partition coefficient (Wildman–Crippen LogP) is 12.3. The molecule has 0 aliphatic carbocycles. The lowest BCUT2D eigenvalue weighted by molar-refractivity contribution is 1.48. The second-order valence-corrected chi connectivity index (χ2v) is 11.9. The van der Waals surface area contributed by atoms with Crippen LogP contribution in [-0.4, -0.2) is 0 Å². The third kappa shape index (κ3) is 3.82. The van der Waals surface area contributed by atoms with E-state index < -0.39 is 0 Å². The number of hydrogen-bond donors (Lipinski definition) is 0. The second-order valence-electron chi connectivity index (χ2n) is 11.9. The van der Waals surface area contributed by atoms with Gasteiger partial charge in [0.15, 0.2) is 5.69 Å². The van der Waals surface area contributed by atoms with Crippen LogP contribution in [0.25, 0.3) is 92.1 Å². The number of rotatable bonds is 3. The molecule has 0 aliphatic rings. The van der Waals surface area contributed by atoms with Crippen molar-refractivity contribution in [3.63, 3.8) is 0 Å². The Morgan fingerprint density at radius 2 is 1.07 bits per heavy atom. The van der Waals surface area contributed by atoms with E-state index in [2.05, 4.69) is 120 Å². The lowest BCUT2D eigenvalue weighted by atomic mass is 9.83. The van der Waals surface area contributed by atoms with Crippen LogP contribution < -0.4 is 0 Å². The molecule has 0 saturated heterocycles. The van der Waals surface area contributed by atoms with Crippen LogP contribution in [-0.2, 0) is 0 Å². The SMILES string of the molecule is [C-]#[N+]c1ccc(-c2cc(-c3cccc4c3ccc3ccccc34)c3ccc4c(-c5ccc(C#N)cc5)ccc5ccc2c3c54)cc1. The molecule has 9 rings (SSSR count). The van der Waals surface area contributed by atoms with Gasteiger partial charge in [0.1, 0.15) is 0 Å². The van der Waals surface area contributed by atoms with E-state index in [1.54, 1.807) is 0 Å². The van der Waals surface area contributed by atoms with Crippen molar-refractivity contribution < 1.29 is 0 Å². The average Bonchev–Trinajstić information content (AvgIpc) is 3.13. The molecule has 9 aromatic rings. The predicted molar refractivity (Wildman–Crippen MR) is 192 cm³/mol. The summed E-state index contributed by atoms with van der Waals surface area (Å²) in [5.41, 5.74) is 8.16. The van der Waals surface area contributed by atoms with Gasteiger partial charge >= 0.3 is 0 Å². The lowest BCUT2D eigenvalue weighted by Crippen LogP contribution is -1.93. The fourth-order valence-corrected chi connectivity index (χ4v) is 7.33. The van der Waals surface area contributed by atoms with Gasteiger partial charge in [-0.15, -0.1) is 0 Å². The zero-order valence-electron chi connectivity index (χ0n) is 24.8. The van der Waals surface area contributed by atoms with Crippen molar-refractivity contribution in [3.8, 4) is 39.4 Å². The van der Waals surface area contributed by atoms with Crippen molar-refractivity contribution in [1.82, 2.24) is 0 Å². The monoisotopic (exact) mass is 580 g/mol. The van der Waals surface area contributed by atoms with Gasteiger partial charge in [0, 0.05) is 0 Å². The fraction of sp³-hybridized carbons (Fsp3) is 0. The number of hydrogen-bond acceptors (Lipinski definition) is 1. The highest BCUT2D eigenvalue weighted by Crippen LogP contribution is 2.47. The zero-order valence-corrected chi connectivity index (χ0v) is 24.8. The highest BCUT2D eigenvalue weighted by molar-refractivity contribution is 6.30. The van der Waals surface area contributed by atoms with Gasteiger partial charge in [-0.2, -0.15) is 5.26 Å². The Labute approximate surface area is 266 Å². The highest BCUT2D eigenvalue weighted by Gasteiger charge is 2.19. The summed E-state index contributed by atoms with van der Waals surface area (Å²) in [5, 5.41) is 21.6. The van der Waals surface area contributed by atoms with Crippen LogP contribution in [0.4, 0.5) is 5.69 Å². The summed E-state index contributed by atoms with van der Waals surface area (Å²) in [7, 11) is 0. The first kappa shape index (κ1) is 26.0. The summed E-state index contributed by atoms with van der Waals surface area (Å²) < 4.78 is 0. The van der Waals surface area contributed by atoms with Crippen molar-refractivity contribution in [1.29, 1.82) is 5.26 Å². The van der Waals surface area contributed by atoms with E-state index in [0.29, 0.717) is 11.3 Å². The maximum atomic E-state index is 9.38. The molecular weight excluding hydrogens is 556 g/mol. The summed E-state index contributed by atoms with van der Waals surface area (Å²) in [5.74, 6) is 0. The Bertz CT molecular complexity index is 2740. The third-order valence-corrected chi connectivity index (χ3v) is 9.49. The molecule has 0 aliphatic heterocycles. The lowest BCUT2D eigenvalue weighted by Gasteiger charge is -2.20. The van der Waals surface area contributed by atoms with Crippen LogP contribution in [0.2, 0.25) is 0 Å². The van der Waals surface area contributed by atoms with E-state index >= 15 is 0 Å². The molecule has 0 heterocycles. The minimum atomic E-state index is 0.634. The molecule has 0 aromatic heterocycles. The Balaban J connectivity index is 1.42. The number of fused-ring (bicyclic) bond motifs is 3. The van der Waals surface area contributed by atoms with Crippen LogP contribution in [0.3, 0.4) is 0 Å². The van der Waals surface area contributed by atoms with E-state index in [9.17, 15) is 5.26 Å². The normalized spacial score (nSPS) is 11.4. The smallest absolute Gasteiger partial charge is 0.187 e. The van der Waals surface area contributed by atoms with Gasteiger partial charge in [0.25, 0.3) is 0 Å². The minimum Gasteiger partial charge on any atom is -0.238 e. The fourth-order valence-electron chi connectivity index (χ4n) is 7.33. The van der Waals surface area contributed by atoms with E-state index in [-0.39, 0.29) is 0 Å². The third-order valence-electron chi connectivity index (χ3n) is 9.49. The average molecular weight is 581 g/mol. The van der Waals surface area contributed by atoms with Crippen molar-refractivity contribution in [3.05, 3.63) is 163 Å². The van der Waals surface area contributed by atoms with Crippen LogP contribution in [0.5, 0.6) is 0 Å². The van der Waals surface area contributed by atoms with Crippen molar-refractivity contribution in [2.45, 2.75) is 0 Å². The highest BCUT2D eigenvalue weighted by atomic mass is 14.6. The minimum absolute atomic E-state index is 0.634. The molecule has 210 valence electrons. The summed E-state index contributed by atoms with van der Waals surface area (Å²) in [6, 6.07) is 53.6. The van der Waals surface area contributed by atoms with Gasteiger partial charge in [-0.25, -0.2) is 4.85 Å². The molecule has 46 heavy (non-hydrogen) atoms. The van der Waals surface area contributed by atoms with Gasteiger partial charge in [-0.05, 0) is 105 Å². The van der Waals surface area contributed by atoms with Crippen LogP contribution in [0.15, 0.2) is 146 Å². The molecular formula is C44H24N2. The van der Waals surface area contributed by atoms with Gasteiger partial charge in [-0.3, -0.25) is 0 Å². The van der Waals surface area contributed by atoms with Crippen molar-refractivity contribution >= 4 is 59.5 Å². The molecule has 0 amide bonds. The molecule has 0 fully saturated rings. The first-order valence-corrected chi connectivity index (χ1v) is 15.4. The number of nitrogens with zero attached hydrogens (tertiary/aromatic N) is 2. The molecule has 0 atom stereocenters. The van der Waals surface area contributed by atoms with Crippen LogP contribution >= 0.6 is 0 Å². The van der Waals surface area contributed by atoms with Crippen molar-refractivity contribution in [2.24, 2.45) is 0 Å². The number of benzene rings is 9. The summed E-state index contributed by atoms with van der Waals surface area (Å²) in [4.78, 5) is 3.64. The standard InChI is InChI=1S/C44H24N2/c1-46-32-18-13-30(14-19-32)41-25-42(36-8-4-7-35-33-6-3-2-5-28(33)15-21-37(35)36)40-24-23-38-34(29-11-9-27(26-45)10-12-29)20-16-31-17-22-39(41)44(40)43(31)38/h2-25H. The van der Waals surface area contributed by atoms with Crippen LogP contribution in [0.1, 0.15) is 5.56 Å².